The van der Waals surface area contributed by atoms with Gasteiger partial charge >= 0.3 is 0 Å². The van der Waals surface area contributed by atoms with E-state index in [4.69, 9.17) is 5.73 Å². The fourth-order valence-electron chi connectivity index (χ4n) is 3.99. The van der Waals surface area contributed by atoms with Crippen LogP contribution in [-0.2, 0) is 22.4 Å². The number of nitrogens with one attached hydrogen (secondary N) is 1. The van der Waals surface area contributed by atoms with E-state index in [1.54, 1.807) is 11.0 Å². The first kappa shape index (κ1) is 20.4. The molecule has 0 radical (unpaired) electrons. The predicted molar refractivity (Wildman–Crippen MR) is 119 cm³/mol. The van der Waals surface area contributed by atoms with Crippen molar-refractivity contribution in [2.45, 2.75) is 44.2 Å². The van der Waals surface area contributed by atoms with E-state index in [9.17, 15) is 9.59 Å². The second-order valence-electron chi connectivity index (χ2n) is 8.23. The van der Waals surface area contributed by atoms with Gasteiger partial charge in [-0.25, -0.2) is 0 Å². The van der Waals surface area contributed by atoms with Gasteiger partial charge < -0.3 is 16.0 Å². The highest BCUT2D eigenvalue weighted by molar-refractivity contribution is 6.03. The smallest absolute Gasteiger partial charge is 0.250 e. The molecule has 30 heavy (non-hydrogen) atoms. The molecule has 4 rings (SSSR count). The van der Waals surface area contributed by atoms with E-state index in [0.717, 1.165) is 31.4 Å². The van der Waals surface area contributed by atoms with Crippen molar-refractivity contribution in [1.29, 1.82) is 0 Å². The fourth-order valence-corrected chi connectivity index (χ4v) is 3.99. The highest BCUT2D eigenvalue weighted by atomic mass is 16.2. The lowest BCUT2D eigenvalue weighted by molar-refractivity contribution is -0.123. The highest BCUT2D eigenvalue weighted by Crippen LogP contribution is 2.31. The number of para-hydroxylation sites is 1. The Labute approximate surface area is 178 Å². The number of aryl methyl sites for hydroxylation is 1. The van der Waals surface area contributed by atoms with Crippen molar-refractivity contribution in [3.63, 3.8) is 0 Å². The number of fused-ring (bicyclic) bond motifs is 1. The van der Waals surface area contributed by atoms with E-state index in [1.165, 1.54) is 11.1 Å². The number of rotatable bonds is 8. The maximum Gasteiger partial charge on any atom is 0.250 e. The van der Waals surface area contributed by atoms with Crippen LogP contribution in [0.1, 0.15) is 30.4 Å². The quantitative estimate of drug-likeness (QED) is 0.666. The summed E-state index contributed by atoms with van der Waals surface area (Å²) >= 11 is 0. The van der Waals surface area contributed by atoms with Crippen LogP contribution >= 0.6 is 0 Å². The molecule has 0 saturated heterocycles. The third-order valence-corrected chi connectivity index (χ3v) is 5.97. The molecule has 2 atom stereocenters. The molecule has 1 aliphatic carbocycles. The van der Waals surface area contributed by atoms with Gasteiger partial charge in [0.1, 0.15) is 0 Å². The van der Waals surface area contributed by atoms with Gasteiger partial charge in [0.2, 0.25) is 5.91 Å². The zero-order valence-electron chi connectivity index (χ0n) is 17.2. The van der Waals surface area contributed by atoms with Crippen LogP contribution in [0.2, 0.25) is 0 Å². The van der Waals surface area contributed by atoms with Crippen molar-refractivity contribution in [2.75, 3.05) is 11.4 Å². The topological polar surface area (TPSA) is 75.4 Å². The Hall–Kier alpha value is -2.92. The zero-order chi connectivity index (χ0) is 20.9. The molecule has 2 aliphatic rings. The zero-order valence-corrected chi connectivity index (χ0v) is 17.2. The van der Waals surface area contributed by atoms with Crippen LogP contribution in [-0.4, -0.2) is 30.4 Å². The minimum atomic E-state index is -0.459. The monoisotopic (exact) mass is 403 g/mol. The van der Waals surface area contributed by atoms with Gasteiger partial charge in [-0.2, -0.15) is 0 Å². The Morgan fingerprint density at radius 3 is 2.60 bits per heavy atom. The normalized spacial score (nSPS) is 17.6. The molecule has 5 heteroatoms. The van der Waals surface area contributed by atoms with E-state index >= 15 is 0 Å². The summed E-state index contributed by atoms with van der Waals surface area (Å²) in [5.41, 5.74) is 9.46. The third-order valence-electron chi connectivity index (χ3n) is 5.97. The standard InChI is InChI=1S/C25H29N3O2/c26-24(20-11-12-20)25(30)27-21(13-10-18-6-2-1-3-7-18)14-15-23(29)28-17-16-19-8-4-5-9-22(19)28/h1-9,14-15,20-21,24H,10-13,16-17,26H2,(H,27,30)/b15-14+/t21-,24?/m0/s1. The van der Waals surface area contributed by atoms with Crippen LogP contribution in [0.4, 0.5) is 5.69 Å². The number of carbonyl (C=O) groups is 2. The van der Waals surface area contributed by atoms with Crippen LogP contribution in [0.5, 0.6) is 0 Å². The second kappa shape index (κ2) is 9.26. The highest BCUT2D eigenvalue weighted by Gasteiger charge is 2.33. The van der Waals surface area contributed by atoms with Gasteiger partial charge in [0.15, 0.2) is 0 Å². The molecule has 5 nitrogen and oxygen atoms in total. The molecule has 3 N–H and O–H groups in total. The van der Waals surface area contributed by atoms with Crippen molar-refractivity contribution in [2.24, 2.45) is 11.7 Å². The van der Waals surface area contributed by atoms with Crippen molar-refractivity contribution in [3.8, 4) is 0 Å². The molecule has 0 bridgehead atoms. The molecule has 1 aliphatic heterocycles. The molecule has 1 heterocycles. The van der Waals surface area contributed by atoms with Crippen molar-refractivity contribution >= 4 is 17.5 Å². The number of nitrogens with zero attached hydrogens (tertiary/aromatic N) is 1. The minimum Gasteiger partial charge on any atom is -0.349 e. The number of carbonyl (C=O) groups excluding carboxylic acids is 2. The Kier molecular flexibility index (Phi) is 6.29. The van der Waals surface area contributed by atoms with E-state index in [1.807, 2.05) is 42.5 Å². The number of anilines is 1. The van der Waals surface area contributed by atoms with E-state index < -0.39 is 6.04 Å². The molecule has 0 spiro atoms. The number of benzene rings is 2. The third kappa shape index (κ3) is 4.97. The summed E-state index contributed by atoms with van der Waals surface area (Å²) in [7, 11) is 0. The summed E-state index contributed by atoms with van der Waals surface area (Å²) in [6, 6.07) is 17.5. The first-order valence-corrected chi connectivity index (χ1v) is 10.8. The van der Waals surface area contributed by atoms with Gasteiger partial charge in [0, 0.05) is 24.4 Å². The first-order valence-electron chi connectivity index (χ1n) is 10.8. The average molecular weight is 404 g/mol. The van der Waals surface area contributed by atoms with Crippen LogP contribution in [0.3, 0.4) is 0 Å². The lowest BCUT2D eigenvalue weighted by Crippen LogP contribution is -2.46. The largest absolute Gasteiger partial charge is 0.349 e. The van der Waals surface area contributed by atoms with Gasteiger partial charge in [-0.3, -0.25) is 9.59 Å². The summed E-state index contributed by atoms with van der Waals surface area (Å²) in [5.74, 6) is 0.121. The Morgan fingerprint density at radius 2 is 1.83 bits per heavy atom. The first-order chi connectivity index (χ1) is 14.6. The van der Waals surface area contributed by atoms with E-state index in [2.05, 4.69) is 23.5 Å². The van der Waals surface area contributed by atoms with Crippen molar-refractivity contribution in [3.05, 3.63) is 77.9 Å². The van der Waals surface area contributed by atoms with E-state index in [0.29, 0.717) is 18.9 Å². The molecular formula is C25H29N3O2. The number of amides is 2. The van der Waals surface area contributed by atoms with Crippen LogP contribution in [0.25, 0.3) is 0 Å². The van der Waals surface area contributed by atoms with Crippen LogP contribution < -0.4 is 16.0 Å². The van der Waals surface area contributed by atoms with Gasteiger partial charge in [0.05, 0.1) is 6.04 Å². The predicted octanol–water partition coefficient (Wildman–Crippen LogP) is 2.99. The van der Waals surface area contributed by atoms with Crippen molar-refractivity contribution < 1.29 is 9.59 Å². The molecule has 156 valence electrons. The SMILES string of the molecule is NC(C(=O)N[C@H](/C=C/C(=O)N1CCc2ccccc21)CCc1ccccc1)C1CC1. The molecule has 1 fully saturated rings. The lowest BCUT2D eigenvalue weighted by Gasteiger charge is -2.19. The average Bonchev–Trinajstić information content (AvgIpc) is 3.54. The number of hydrogen-bond donors (Lipinski definition) is 2. The lowest BCUT2D eigenvalue weighted by atomic mass is 10.0. The molecular weight excluding hydrogens is 374 g/mol. The maximum atomic E-state index is 12.8. The van der Waals surface area contributed by atoms with Gasteiger partial charge in [0.25, 0.3) is 5.91 Å². The number of hydrogen-bond acceptors (Lipinski definition) is 3. The summed E-state index contributed by atoms with van der Waals surface area (Å²) in [6.07, 6.45) is 7.87. The van der Waals surface area contributed by atoms with Crippen LogP contribution in [0.15, 0.2) is 66.7 Å². The number of nitrogens with two attached hydrogens (primary N) is 1. The fraction of sp³-hybridized carbons (Fsp3) is 0.360. The van der Waals surface area contributed by atoms with Crippen molar-refractivity contribution in [1.82, 2.24) is 5.32 Å². The maximum absolute atomic E-state index is 12.8. The second-order valence-corrected chi connectivity index (χ2v) is 8.23. The van der Waals surface area contributed by atoms with Crippen LogP contribution in [0, 0.1) is 5.92 Å². The molecule has 1 unspecified atom stereocenters. The molecule has 2 aromatic carbocycles. The Bertz CT molecular complexity index is 921. The van der Waals surface area contributed by atoms with Gasteiger partial charge in [-0.1, -0.05) is 54.6 Å². The molecule has 1 saturated carbocycles. The summed E-state index contributed by atoms with van der Waals surface area (Å²) in [4.78, 5) is 27.2. The van der Waals surface area contributed by atoms with Gasteiger partial charge in [-0.05, 0) is 55.2 Å². The molecule has 0 aromatic heterocycles. The Balaban J connectivity index is 1.42. The molecule has 2 aromatic rings. The minimum absolute atomic E-state index is 0.0506. The van der Waals surface area contributed by atoms with E-state index in [-0.39, 0.29) is 17.9 Å². The molecule has 2 amide bonds. The summed E-state index contributed by atoms with van der Waals surface area (Å²) < 4.78 is 0. The summed E-state index contributed by atoms with van der Waals surface area (Å²) in [5, 5.41) is 3.05. The van der Waals surface area contributed by atoms with Gasteiger partial charge in [-0.15, -0.1) is 0 Å². The summed E-state index contributed by atoms with van der Waals surface area (Å²) in [6.45, 7) is 0.691. The Morgan fingerprint density at radius 1 is 1.10 bits per heavy atom.